The molecule has 2 aromatic carbocycles. The molecule has 0 fully saturated rings. The van der Waals surface area contributed by atoms with Crippen LogP contribution in [0.2, 0.25) is 0 Å². The summed E-state index contributed by atoms with van der Waals surface area (Å²) >= 11 is 3.35. The van der Waals surface area contributed by atoms with Crippen molar-refractivity contribution in [2.45, 2.75) is 0 Å². The van der Waals surface area contributed by atoms with Gasteiger partial charge in [0, 0.05) is 5.69 Å². The SMILES string of the molecule is COc1ccc(NC(=O)Oc2ccccc2)cc1Br. The van der Waals surface area contributed by atoms with Crippen LogP contribution in [0.1, 0.15) is 0 Å². The number of carbonyl (C=O) groups is 1. The summed E-state index contributed by atoms with van der Waals surface area (Å²) in [7, 11) is 1.58. The molecule has 98 valence electrons. The summed E-state index contributed by atoms with van der Waals surface area (Å²) < 4.78 is 11.0. The molecule has 0 heterocycles. The van der Waals surface area contributed by atoms with E-state index in [0.29, 0.717) is 17.2 Å². The predicted octanol–water partition coefficient (Wildman–Crippen LogP) is 4.07. The van der Waals surface area contributed by atoms with Gasteiger partial charge in [-0.25, -0.2) is 4.79 Å². The number of anilines is 1. The van der Waals surface area contributed by atoms with Gasteiger partial charge in [-0.05, 0) is 46.3 Å². The smallest absolute Gasteiger partial charge is 0.417 e. The summed E-state index contributed by atoms with van der Waals surface area (Å²) in [5.41, 5.74) is 0.619. The number of carbonyl (C=O) groups excluding carboxylic acids is 1. The van der Waals surface area contributed by atoms with E-state index < -0.39 is 6.09 Å². The number of methoxy groups -OCH3 is 1. The van der Waals surface area contributed by atoms with Crippen LogP contribution < -0.4 is 14.8 Å². The van der Waals surface area contributed by atoms with Crippen molar-refractivity contribution < 1.29 is 14.3 Å². The van der Waals surface area contributed by atoms with Crippen LogP contribution in [0, 0.1) is 0 Å². The van der Waals surface area contributed by atoms with Crippen molar-refractivity contribution in [2.75, 3.05) is 12.4 Å². The van der Waals surface area contributed by atoms with Crippen molar-refractivity contribution in [1.82, 2.24) is 0 Å². The third-order valence-electron chi connectivity index (χ3n) is 2.35. The summed E-state index contributed by atoms with van der Waals surface area (Å²) in [6.07, 6.45) is -0.539. The van der Waals surface area contributed by atoms with Gasteiger partial charge < -0.3 is 9.47 Å². The van der Waals surface area contributed by atoms with Gasteiger partial charge in [-0.1, -0.05) is 18.2 Å². The molecule has 2 aromatic rings. The quantitative estimate of drug-likeness (QED) is 0.927. The third kappa shape index (κ3) is 3.72. The van der Waals surface area contributed by atoms with Crippen LogP contribution in [0.4, 0.5) is 10.5 Å². The van der Waals surface area contributed by atoms with Crippen LogP contribution in [0.5, 0.6) is 11.5 Å². The van der Waals surface area contributed by atoms with E-state index in [1.165, 1.54) is 0 Å². The molecule has 1 amide bonds. The molecule has 19 heavy (non-hydrogen) atoms. The monoisotopic (exact) mass is 321 g/mol. The maximum Gasteiger partial charge on any atom is 0.417 e. The van der Waals surface area contributed by atoms with Crippen molar-refractivity contribution in [3.05, 3.63) is 53.0 Å². The number of ether oxygens (including phenoxy) is 2. The summed E-state index contributed by atoms with van der Waals surface area (Å²) in [5, 5.41) is 2.64. The molecular weight excluding hydrogens is 310 g/mol. The molecule has 0 radical (unpaired) electrons. The Kier molecular flexibility index (Phi) is 4.41. The number of halogens is 1. The molecule has 0 saturated carbocycles. The molecule has 0 aliphatic rings. The first kappa shape index (κ1) is 13.4. The second-order valence-corrected chi connectivity index (χ2v) is 4.53. The zero-order chi connectivity index (χ0) is 13.7. The first-order chi connectivity index (χ1) is 9.19. The fraction of sp³-hybridized carbons (Fsp3) is 0.0714. The van der Waals surface area contributed by atoms with Crippen LogP contribution in [0.3, 0.4) is 0 Å². The van der Waals surface area contributed by atoms with Crippen molar-refractivity contribution in [1.29, 1.82) is 0 Å². The van der Waals surface area contributed by atoms with Crippen LogP contribution in [-0.4, -0.2) is 13.2 Å². The van der Waals surface area contributed by atoms with Crippen molar-refractivity contribution in [3.63, 3.8) is 0 Å². The average Bonchev–Trinajstić information content (AvgIpc) is 2.40. The van der Waals surface area contributed by atoms with E-state index in [1.807, 2.05) is 6.07 Å². The van der Waals surface area contributed by atoms with E-state index in [9.17, 15) is 4.79 Å². The van der Waals surface area contributed by atoms with Crippen LogP contribution in [0.15, 0.2) is 53.0 Å². The Morgan fingerprint density at radius 3 is 2.53 bits per heavy atom. The van der Waals surface area contributed by atoms with Crippen LogP contribution in [-0.2, 0) is 0 Å². The van der Waals surface area contributed by atoms with E-state index in [0.717, 1.165) is 4.47 Å². The number of amides is 1. The molecule has 5 heteroatoms. The summed E-state index contributed by atoms with van der Waals surface area (Å²) in [6, 6.07) is 14.1. The number of hydrogen-bond acceptors (Lipinski definition) is 3. The molecule has 0 unspecified atom stereocenters. The van der Waals surface area contributed by atoms with Gasteiger partial charge in [-0.15, -0.1) is 0 Å². The Morgan fingerprint density at radius 1 is 1.16 bits per heavy atom. The van der Waals surface area contributed by atoms with E-state index in [1.54, 1.807) is 49.6 Å². The highest BCUT2D eigenvalue weighted by atomic mass is 79.9. The minimum atomic E-state index is -0.539. The third-order valence-corrected chi connectivity index (χ3v) is 2.97. The van der Waals surface area contributed by atoms with E-state index >= 15 is 0 Å². The van der Waals surface area contributed by atoms with Gasteiger partial charge in [0.05, 0.1) is 11.6 Å². The molecule has 0 bridgehead atoms. The van der Waals surface area contributed by atoms with Crippen molar-refractivity contribution in [3.8, 4) is 11.5 Å². The van der Waals surface area contributed by atoms with Gasteiger partial charge in [0.15, 0.2) is 0 Å². The predicted molar refractivity (Wildman–Crippen MR) is 76.8 cm³/mol. The lowest BCUT2D eigenvalue weighted by Crippen LogP contribution is -2.16. The Labute approximate surface area is 119 Å². The Morgan fingerprint density at radius 2 is 1.89 bits per heavy atom. The molecule has 1 N–H and O–H groups in total. The Balaban J connectivity index is 2.01. The Hall–Kier alpha value is -2.01. The minimum absolute atomic E-state index is 0.493. The molecule has 4 nitrogen and oxygen atoms in total. The zero-order valence-electron chi connectivity index (χ0n) is 10.2. The normalized spacial score (nSPS) is 9.79. The molecule has 0 atom stereocenters. The minimum Gasteiger partial charge on any atom is -0.496 e. The zero-order valence-corrected chi connectivity index (χ0v) is 11.8. The maximum atomic E-state index is 11.7. The number of nitrogens with one attached hydrogen (secondary N) is 1. The number of hydrogen-bond donors (Lipinski definition) is 1. The summed E-state index contributed by atoms with van der Waals surface area (Å²) in [5.74, 6) is 1.19. The second kappa shape index (κ2) is 6.24. The fourth-order valence-corrected chi connectivity index (χ4v) is 2.02. The van der Waals surface area contributed by atoms with Crippen LogP contribution in [0.25, 0.3) is 0 Å². The molecule has 0 saturated heterocycles. The van der Waals surface area contributed by atoms with E-state index in [4.69, 9.17) is 9.47 Å². The first-order valence-electron chi connectivity index (χ1n) is 5.56. The highest BCUT2D eigenvalue weighted by Gasteiger charge is 2.07. The largest absolute Gasteiger partial charge is 0.496 e. The van der Waals surface area contributed by atoms with Crippen LogP contribution >= 0.6 is 15.9 Å². The lowest BCUT2D eigenvalue weighted by molar-refractivity contribution is 0.215. The molecule has 0 aliphatic heterocycles. The molecule has 0 spiro atoms. The van der Waals surface area contributed by atoms with Gasteiger partial charge in [-0.2, -0.15) is 0 Å². The topological polar surface area (TPSA) is 47.6 Å². The van der Waals surface area contributed by atoms with E-state index in [2.05, 4.69) is 21.2 Å². The Bertz CT molecular complexity index is 572. The molecular formula is C14H12BrNO3. The second-order valence-electron chi connectivity index (χ2n) is 3.68. The number of rotatable bonds is 3. The molecule has 0 aromatic heterocycles. The molecule has 0 aliphatic carbocycles. The maximum absolute atomic E-state index is 11.7. The lowest BCUT2D eigenvalue weighted by Gasteiger charge is -2.08. The fourth-order valence-electron chi connectivity index (χ4n) is 1.48. The lowest BCUT2D eigenvalue weighted by atomic mass is 10.3. The van der Waals surface area contributed by atoms with Crippen molar-refractivity contribution in [2.24, 2.45) is 0 Å². The summed E-state index contributed by atoms with van der Waals surface area (Å²) in [6.45, 7) is 0. The van der Waals surface area contributed by atoms with Gasteiger partial charge >= 0.3 is 6.09 Å². The van der Waals surface area contributed by atoms with Gasteiger partial charge in [0.1, 0.15) is 11.5 Å². The van der Waals surface area contributed by atoms with Gasteiger partial charge in [-0.3, -0.25) is 5.32 Å². The highest BCUT2D eigenvalue weighted by molar-refractivity contribution is 9.10. The highest BCUT2D eigenvalue weighted by Crippen LogP contribution is 2.27. The average molecular weight is 322 g/mol. The van der Waals surface area contributed by atoms with Crippen molar-refractivity contribution >= 4 is 27.7 Å². The standard InChI is InChI=1S/C14H12BrNO3/c1-18-13-8-7-10(9-12(13)15)16-14(17)19-11-5-3-2-4-6-11/h2-9H,1H3,(H,16,17). The number of benzene rings is 2. The van der Waals surface area contributed by atoms with Gasteiger partial charge in [0.25, 0.3) is 0 Å². The first-order valence-corrected chi connectivity index (χ1v) is 6.36. The number of para-hydroxylation sites is 1. The molecule has 2 rings (SSSR count). The van der Waals surface area contributed by atoms with E-state index in [-0.39, 0.29) is 0 Å². The summed E-state index contributed by atoms with van der Waals surface area (Å²) in [4.78, 5) is 11.7. The van der Waals surface area contributed by atoms with Gasteiger partial charge in [0.2, 0.25) is 0 Å².